The highest BCUT2D eigenvalue weighted by molar-refractivity contribution is 6.67. The van der Waals surface area contributed by atoms with Crippen LogP contribution in [0.5, 0.6) is 5.75 Å². The molecule has 2 rings (SSSR count). The molecule has 0 aliphatic rings. The molecule has 26 heavy (non-hydrogen) atoms. The minimum Gasteiger partial charge on any atom is -0.497 e. The molecule has 0 aliphatic heterocycles. The van der Waals surface area contributed by atoms with E-state index in [4.69, 9.17) is 44.4 Å². The number of halogens is 3. The standard InChI is InChI=1S/C17H16Cl3NO5/c1-10(15(22)26-21-16(23)25-9-17(18,19)20)11-3-4-13-8-14(24-2)6-5-12(13)7-11/h3-8,10H,9H2,1-2H3,(H,21,23)/t10-/m0/s1. The quantitative estimate of drug-likeness (QED) is 0.582. The summed E-state index contributed by atoms with van der Waals surface area (Å²) >= 11 is 16.3. The van der Waals surface area contributed by atoms with Gasteiger partial charge in [-0.2, -0.15) is 0 Å². The normalized spacial score (nSPS) is 12.3. The maximum Gasteiger partial charge on any atom is 0.440 e. The summed E-state index contributed by atoms with van der Waals surface area (Å²) in [6.07, 6.45) is -1.04. The van der Waals surface area contributed by atoms with Crippen LogP contribution in [0.3, 0.4) is 0 Å². The number of alkyl halides is 3. The number of methoxy groups -OCH3 is 1. The maximum absolute atomic E-state index is 12.1. The first kappa shape index (κ1) is 20.4. The van der Waals surface area contributed by atoms with Gasteiger partial charge in [-0.15, -0.1) is 5.48 Å². The van der Waals surface area contributed by atoms with Crippen molar-refractivity contribution in [1.82, 2.24) is 5.48 Å². The summed E-state index contributed by atoms with van der Waals surface area (Å²) in [5.41, 5.74) is 2.58. The van der Waals surface area contributed by atoms with Gasteiger partial charge in [-0.05, 0) is 35.4 Å². The lowest BCUT2D eigenvalue weighted by Crippen LogP contribution is -2.31. The van der Waals surface area contributed by atoms with Crippen molar-refractivity contribution in [2.45, 2.75) is 16.6 Å². The average molecular weight is 421 g/mol. The molecule has 0 saturated carbocycles. The third-order valence-corrected chi connectivity index (χ3v) is 3.85. The Hall–Kier alpha value is -1.89. The van der Waals surface area contributed by atoms with Gasteiger partial charge < -0.3 is 14.3 Å². The first-order valence-electron chi connectivity index (χ1n) is 7.47. The fraction of sp³-hybridized carbons (Fsp3) is 0.294. The van der Waals surface area contributed by atoms with Gasteiger partial charge in [0.2, 0.25) is 3.79 Å². The van der Waals surface area contributed by atoms with Crippen LogP contribution >= 0.6 is 34.8 Å². The number of benzene rings is 2. The smallest absolute Gasteiger partial charge is 0.440 e. The molecule has 2 aromatic carbocycles. The molecule has 0 unspecified atom stereocenters. The Kier molecular flexibility index (Phi) is 6.81. The van der Waals surface area contributed by atoms with Crippen LogP contribution in [0, 0.1) is 0 Å². The molecule has 9 heteroatoms. The molecule has 1 amide bonds. The maximum atomic E-state index is 12.1. The zero-order valence-electron chi connectivity index (χ0n) is 13.9. The molecule has 0 fully saturated rings. The second kappa shape index (κ2) is 8.66. The van der Waals surface area contributed by atoms with Crippen molar-refractivity contribution < 1.29 is 23.9 Å². The Morgan fingerprint density at radius 1 is 1.12 bits per heavy atom. The number of carbonyl (C=O) groups excluding carboxylic acids is 2. The van der Waals surface area contributed by atoms with E-state index in [1.165, 1.54) is 0 Å². The van der Waals surface area contributed by atoms with Crippen molar-refractivity contribution in [2.75, 3.05) is 13.7 Å². The fourth-order valence-corrected chi connectivity index (χ4v) is 2.30. The van der Waals surface area contributed by atoms with Crippen LogP contribution < -0.4 is 10.2 Å². The Labute approximate surface area is 165 Å². The van der Waals surface area contributed by atoms with Crippen molar-refractivity contribution >= 4 is 57.6 Å². The van der Waals surface area contributed by atoms with Gasteiger partial charge in [0.1, 0.15) is 12.4 Å². The van der Waals surface area contributed by atoms with Crippen molar-refractivity contribution in [1.29, 1.82) is 0 Å². The highest BCUT2D eigenvalue weighted by Crippen LogP contribution is 2.26. The van der Waals surface area contributed by atoms with Gasteiger partial charge in [0, 0.05) is 0 Å². The molecule has 0 aliphatic carbocycles. The SMILES string of the molecule is COc1ccc2cc([C@H](C)C(=O)ONC(=O)OCC(Cl)(Cl)Cl)ccc2c1. The summed E-state index contributed by atoms with van der Waals surface area (Å²) in [6.45, 7) is 1.17. The summed E-state index contributed by atoms with van der Waals surface area (Å²) in [5, 5.41) is 1.92. The molecule has 2 aromatic rings. The minimum atomic E-state index is -1.75. The van der Waals surface area contributed by atoms with Gasteiger partial charge in [-0.1, -0.05) is 59.1 Å². The number of ether oxygens (including phenoxy) is 2. The molecule has 0 aromatic heterocycles. The molecule has 1 atom stereocenters. The highest BCUT2D eigenvalue weighted by atomic mass is 35.6. The highest BCUT2D eigenvalue weighted by Gasteiger charge is 2.23. The van der Waals surface area contributed by atoms with Crippen molar-refractivity contribution in [2.24, 2.45) is 0 Å². The number of rotatable bonds is 4. The fourth-order valence-electron chi connectivity index (χ4n) is 2.13. The van der Waals surface area contributed by atoms with Crippen LogP contribution in [-0.2, 0) is 14.4 Å². The first-order chi connectivity index (χ1) is 12.2. The van der Waals surface area contributed by atoms with E-state index in [-0.39, 0.29) is 0 Å². The van der Waals surface area contributed by atoms with E-state index in [0.29, 0.717) is 0 Å². The van der Waals surface area contributed by atoms with Crippen LogP contribution in [0.15, 0.2) is 36.4 Å². The Balaban J connectivity index is 1.97. The predicted molar refractivity (Wildman–Crippen MR) is 99.8 cm³/mol. The topological polar surface area (TPSA) is 73.9 Å². The Morgan fingerprint density at radius 2 is 1.77 bits per heavy atom. The van der Waals surface area contributed by atoms with Crippen molar-refractivity contribution in [3.63, 3.8) is 0 Å². The Bertz CT molecular complexity index is 807. The molecule has 0 radical (unpaired) electrons. The summed E-state index contributed by atoms with van der Waals surface area (Å²) < 4.78 is 8.02. The monoisotopic (exact) mass is 419 g/mol. The third kappa shape index (κ3) is 5.83. The van der Waals surface area contributed by atoms with Crippen LogP contribution in [0.25, 0.3) is 10.8 Å². The number of hydrogen-bond acceptors (Lipinski definition) is 5. The molecule has 0 spiro atoms. The molecule has 6 nitrogen and oxygen atoms in total. The lowest BCUT2D eigenvalue weighted by atomic mass is 9.98. The molecule has 0 heterocycles. The number of carbonyl (C=O) groups is 2. The number of nitrogens with one attached hydrogen (secondary N) is 1. The summed E-state index contributed by atoms with van der Waals surface area (Å²) in [7, 11) is 1.60. The van der Waals surface area contributed by atoms with E-state index in [1.807, 2.05) is 35.8 Å². The molecule has 140 valence electrons. The van der Waals surface area contributed by atoms with E-state index in [9.17, 15) is 9.59 Å². The third-order valence-electron chi connectivity index (χ3n) is 3.53. The lowest BCUT2D eigenvalue weighted by Gasteiger charge is -2.14. The largest absolute Gasteiger partial charge is 0.497 e. The van der Waals surface area contributed by atoms with E-state index < -0.39 is 28.4 Å². The zero-order chi connectivity index (χ0) is 19.3. The second-order valence-corrected chi connectivity index (χ2v) is 7.92. The summed E-state index contributed by atoms with van der Waals surface area (Å²) in [4.78, 5) is 28.2. The van der Waals surface area contributed by atoms with Crippen molar-refractivity contribution in [3.05, 3.63) is 42.0 Å². The summed E-state index contributed by atoms with van der Waals surface area (Å²) in [5.74, 6) is -0.533. The van der Waals surface area contributed by atoms with Crippen LogP contribution in [0.4, 0.5) is 4.79 Å². The van der Waals surface area contributed by atoms with Crippen molar-refractivity contribution in [3.8, 4) is 5.75 Å². The number of hydrogen-bond donors (Lipinski definition) is 1. The predicted octanol–water partition coefficient (Wildman–Crippen LogP) is 4.51. The first-order valence-corrected chi connectivity index (χ1v) is 8.61. The van der Waals surface area contributed by atoms with Crippen LogP contribution in [0.2, 0.25) is 0 Å². The van der Waals surface area contributed by atoms with Gasteiger partial charge in [0.05, 0.1) is 13.0 Å². The second-order valence-electron chi connectivity index (χ2n) is 5.41. The number of fused-ring (bicyclic) bond motifs is 1. The minimum absolute atomic E-state index is 0.481. The lowest BCUT2D eigenvalue weighted by molar-refractivity contribution is -0.151. The van der Waals surface area contributed by atoms with Gasteiger partial charge in [-0.25, -0.2) is 9.59 Å². The molecule has 0 saturated heterocycles. The van der Waals surface area contributed by atoms with Gasteiger partial charge in [-0.3, -0.25) is 0 Å². The van der Waals surface area contributed by atoms with Gasteiger partial charge in [0.25, 0.3) is 0 Å². The van der Waals surface area contributed by atoms with E-state index >= 15 is 0 Å². The van der Waals surface area contributed by atoms with Gasteiger partial charge in [0.15, 0.2) is 0 Å². The number of amides is 1. The van der Waals surface area contributed by atoms with E-state index in [0.717, 1.165) is 22.1 Å². The van der Waals surface area contributed by atoms with Gasteiger partial charge >= 0.3 is 12.1 Å². The average Bonchev–Trinajstić information content (AvgIpc) is 2.62. The van der Waals surface area contributed by atoms with Crippen LogP contribution in [0.1, 0.15) is 18.4 Å². The Morgan fingerprint density at radius 3 is 2.42 bits per heavy atom. The molecular formula is C17H16Cl3NO5. The van der Waals surface area contributed by atoms with Crippen LogP contribution in [-0.4, -0.2) is 29.6 Å². The van der Waals surface area contributed by atoms with E-state index in [2.05, 4.69) is 4.74 Å². The summed E-state index contributed by atoms with van der Waals surface area (Å²) in [6, 6.07) is 11.2. The zero-order valence-corrected chi connectivity index (χ0v) is 16.2. The van der Waals surface area contributed by atoms with E-state index in [1.54, 1.807) is 20.1 Å². The number of hydroxylamine groups is 1. The molecule has 1 N–H and O–H groups in total. The molecular weight excluding hydrogens is 405 g/mol. The molecule has 0 bridgehead atoms.